The number of Topliss-reactive ketones (excluding diaryl/α,β-unsaturated/α-hetero) is 1. The van der Waals surface area contributed by atoms with Crippen LogP contribution in [-0.4, -0.2) is 17.7 Å². The quantitative estimate of drug-likeness (QED) is 0.673. The summed E-state index contributed by atoms with van der Waals surface area (Å²) >= 11 is 0. The van der Waals surface area contributed by atoms with E-state index in [2.05, 4.69) is 0 Å². The van der Waals surface area contributed by atoms with E-state index >= 15 is 0 Å². The highest BCUT2D eigenvalue weighted by molar-refractivity contribution is 5.84. The van der Waals surface area contributed by atoms with Crippen molar-refractivity contribution in [1.82, 2.24) is 0 Å². The summed E-state index contributed by atoms with van der Waals surface area (Å²) in [4.78, 5) is 10.4. The van der Waals surface area contributed by atoms with Gasteiger partial charge >= 0.3 is 5.92 Å². The molecule has 0 bridgehead atoms. The van der Waals surface area contributed by atoms with E-state index in [0.717, 1.165) is 19.8 Å². The largest absolute Gasteiger partial charge is 0.322 e. The molecule has 1 aliphatic rings. The van der Waals surface area contributed by atoms with Crippen LogP contribution >= 0.6 is 0 Å². The minimum atomic E-state index is -3.32. The van der Waals surface area contributed by atoms with Crippen molar-refractivity contribution in [3.05, 3.63) is 0 Å². The molecule has 1 atom stereocenters. The Balaban J connectivity index is 2.61. The number of rotatable bonds is 3. The molecule has 2 N–H and O–H groups in total. The average molecular weight is 163 g/mol. The number of hydrogen-bond acceptors (Lipinski definition) is 2. The monoisotopic (exact) mass is 163 g/mol. The first-order chi connectivity index (χ1) is 4.96. The predicted octanol–water partition coefficient (Wildman–Crippen LogP) is 0.948. The van der Waals surface area contributed by atoms with E-state index in [4.69, 9.17) is 5.73 Å². The van der Waals surface area contributed by atoms with Crippen molar-refractivity contribution in [2.24, 2.45) is 11.7 Å². The van der Waals surface area contributed by atoms with Gasteiger partial charge in [-0.1, -0.05) is 0 Å². The van der Waals surface area contributed by atoms with E-state index in [1.807, 2.05) is 0 Å². The number of ketones is 1. The van der Waals surface area contributed by atoms with Gasteiger partial charge in [0.25, 0.3) is 0 Å². The minimum absolute atomic E-state index is 0.145. The van der Waals surface area contributed by atoms with Gasteiger partial charge in [0, 0.05) is 6.92 Å². The molecule has 1 rings (SSSR count). The fourth-order valence-corrected chi connectivity index (χ4v) is 0.986. The van der Waals surface area contributed by atoms with Gasteiger partial charge in [-0.05, 0) is 18.8 Å². The van der Waals surface area contributed by atoms with Crippen molar-refractivity contribution in [1.29, 1.82) is 0 Å². The Labute approximate surface area is 63.8 Å². The van der Waals surface area contributed by atoms with Crippen LogP contribution in [0.2, 0.25) is 0 Å². The second-order valence-electron chi connectivity index (χ2n) is 3.04. The molecule has 11 heavy (non-hydrogen) atoms. The number of halogens is 2. The van der Waals surface area contributed by atoms with Crippen molar-refractivity contribution < 1.29 is 13.6 Å². The zero-order valence-corrected chi connectivity index (χ0v) is 6.31. The van der Waals surface area contributed by atoms with Crippen molar-refractivity contribution in [2.75, 3.05) is 0 Å². The Kier molecular flexibility index (Phi) is 1.96. The molecule has 1 saturated carbocycles. The molecule has 4 heteroatoms. The lowest BCUT2D eigenvalue weighted by atomic mass is 10.0. The zero-order valence-electron chi connectivity index (χ0n) is 6.31. The highest BCUT2D eigenvalue weighted by atomic mass is 19.3. The molecule has 0 aromatic carbocycles. The van der Waals surface area contributed by atoms with Crippen LogP contribution in [0.5, 0.6) is 0 Å². The maximum absolute atomic E-state index is 12.8. The molecule has 1 aliphatic carbocycles. The summed E-state index contributed by atoms with van der Waals surface area (Å²) in [6, 6.07) is -1.26. The zero-order chi connectivity index (χ0) is 8.65. The number of nitrogens with two attached hydrogens (primary N) is 1. The van der Waals surface area contributed by atoms with E-state index < -0.39 is 17.7 Å². The second-order valence-corrected chi connectivity index (χ2v) is 3.04. The topological polar surface area (TPSA) is 43.1 Å². The second kappa shape index (κ2) is 2.52. The third-order valence-electron chi connectivity index (χ3n) is 2.02. The molecule has 0 aliphatic heterocycles. The van der Waals surface area contributed by atoms with E-state index in [1.165, 1.54) is 0 Å². The van der Waals surface area contributed by atoms with Gasteiger partial charge in [0.2, 0.25) is 0 Å². The third kappa shape index (κ3) is 1.56. The summed E-state index contributed by atoms with van der Waals surface area (Å²) < 4.78 is 25.5. The van der Waals surface area contributed by atoms with Gasteiger partial charge in [0.15, 0.2) is 5.78 Å². The van der Waals surface area contributed by atoms with E-state index in [1.54, 1.807) is 0 Å². The number of hydrogen-bond donors (Lipinski definition) is 1. The molecule has 0 amide bonds. The lowest BCUT2D eigenvalue weighted by molar-refractivity contribution is -0.144. The molecule has 1 fully saturated rings. The molecule has 2 nitrogen and oxygen atoms in total. The Morgan fingerprint density at radius 2 is 2.09 bits per heavy atom. The van der Waals surface area contributed by atoms with Crippen LogP contribution in [0.4, 0.5) is 8.78 Å². The Bertz CT molecular complexity index is 177. The standard InChI is InChI=1S/C7H11F2NO/c1-4(11)7(8,9)6(10)5-2-3-5/h5-6H,2-3,10H2,1H3. The molecule has 1 unspecified atom stereocenters. The predicted molar refractivity (Wildman–Crippen MR) is 36.3 cm³/mol. The molecule has 64 valence electrons. The van der Waals surface area contributed by atoms with Crippen molar-refractivity contribution >= 4 is 5.78 Å². The van der Waals surface area contributed by atoms with Gasteiger partial charge < -0.3 is 5.73 Å². The smallest absolute Gasteiger partial charge is 0.319 e. The first kappa shape index (κ1) is 8.59. The first-order valence-electron chi connectivity index (χ1n) is 3.60. The van der Waals surface area contributed by atoms with Crippen LogP contribution < -0.4 is 5.73 Å². The molecule has 0 saturated heterocycles. The molecule has 0 aromatic heterocycles. The third-order valence-corrected chi connectivity index (χ3v) is 2.02. The summed E-state index contributed by atoms with van der Waals surface area (Å²) in [6.45, 7) is 0.877. The first-order valence-corrected chi connectivity index (χ1v) is 3.60. The van der Waals surface area contributed by atoms with Gasteiger partial charge in [-0.15, -0.1) is 0 Å². The fraction of sp³-hybridized carbons (Fsp3) is 0.857. The number of carbonyl (C=O) groups excluding carboxylic acids is 1. The maximum Gasteiger partial charge on any atom is 0.319 e. The average Bonchev–Trinajstić information content (AvgIpc) is 2.66. The van der Waals surface area contributed by atoms with Gasteiger partial charge in [0.1, 0.15) is 0 Å². The summed E-state index contributed by atoms with van der Waals surface area (Å²) in [5, 5.41) is 0. The van der Waals surface area contributed by atoms with Gasteiger partial charge in [-0.25, -0.2) is 0 Å². The summed E-state index contributed by atoms with van der Waals surface area (Å²) in [5.41, 5.74) is 5.19. The SMILES string of the molecule is CC(=O)C(F)(F)C(N)C1CC1. The van der Waals surface area contributed by atoms with Crippen LogP contribution in [-0.2, 0) is 4.79 Å². The normalized spacial score (nSPS) is 21.5. The molecule has 0 aromatic rings. The molecular formula is C7H11F2NO. The lowest BCUT2D eigenvalue weighted by Crippen LogP contribution is -2.47. The van der Waals surface area contributed by atoms with Gasteiger partial charge in [-0.3, -0.25) is 4.79 Å². The number of carbonyl (C=O) groups is 1. The highest BCUT2D eigenvalue weighted by Crippen LogP contribution is 2.38. The Morgan fingerprint density at radius 3 is 2.36 bits per heavy atom. The summed E-state index contributed by atoms with van der Waals surface area (Å²) in [7, 11) is 0. The van der Waals surface area contributed by atoms with Crippen molar-refractivity contribution in [3.63, 3.8) is 0 Å². The molecular weight excluding hydrogens is 152 g/mol. The minimum Gasteiger partial charge on any atom is -0.322 e. The van der Waals surface area contributed by atoms with Crippen LogP contribution in [0.3, 0.4) is 0 Å². The summed E-state index contributed by atoms with van der Waals surface area (Å²) in [5.74, 6) is -4.59. The van der Waals surface area contributed by atoms with Crippen molar-refractivity contribution in [2.45, 2.75) is 31.7 Å². The van der Waals surface area contributed by atoms with Crippen LogP contribution in [0.1, 0.15) is 19.8 Å². The van der Waals surface area contributed by atoms with Gasteiger partial charge in [-0.2, -0.15) is 8.78 Å². The van der Waals surface area contributed by atoms with E-state index in [9.17, 15) is 13.6 Å². The Morgan fingerprint density at radius 1 is 1.64 bits per heavy atom. The van der Waals surface area contributed by atoms with Gasteiger partial charge in [0.05, 0.1) is 6.04 Å². The Hall–Kier alpha value is -0.510. The van der Waals surface area contributed by atoms with Crippen LogP contribution in [0.25, 0.3) is 0 Å². The summed E-state index contributed by atoms with van der Waals surface area (Å²) in [6.07, 6.45) is 1.45. The lowest BCUT2D eigenvalue weighted by Gasteiger charge is -2.19. The van der Waals surface area contributed by atoms with Crippen LogP contribution in [0, 0.1) is 5.92 Å². The molecule has 0 spiro atoms. The van der Waals surface area contributed by atoms with E-state index in [0.29, 0.717) is 0 Å². The van der Waals surface area contributed by atoms with E-state index in [-0.39, 0.29) is 5.92 Å². The van der Waals surface area contributed by atoms with Crippen molar-refractivity contribution in [3.8, 4) is 0 Å². The highest BCUT2D eigenvalue weighted by Gasteiger charge is 2.49. The number of alkyl halides is 2. The van der Waals surface area contributed by atoms with Crippen LogP contribution in [0.15, 0.2) is 0 Å². The fourth-order valence-electron chi connectivity index (χ4n) is 0.986. The molecule has 0 heterocycles. The molecule has 0 radical (unpaired) electrons. The maximum atomic E-state index is 12.8.